The van der Waals surface area contributed by atoms with Gasteiger partial charge in [-0.25, -0.2) is 8.78 Å². The summed E-state index contributed by atoms with van der Waals surface area (Å²) in [5.41, 5.74) is -2.62. The molecule has 0 aromatic heterocycles. The molecule has 208 valence electrons. The van der Waals surface area contributed by atoms with Gasteiger partial charge in [0.2, 0.25) is 5.91 Å². The Hall–Kier alpha value is -2.31. The van der Waals surface area contributed by atoms with Gasteiger partial charge in [-0.2, -0.15) is 13.2 Å². The fraction of sp³-hybridized carbons (Fsp3) is 0.680. The minimum atomic E-state index is -4.85. The zero-order valence-electron chi connectivity index (χ0n) is 21.0. The molecule has 7 nitrogen and oxygen atoms in total. The normalized spacial score (nSPS) is 18.2. The van der Waals surface area contributed by atoms with Crippen LogP contribution < -0.4 is 10.6 Å². The third kappa shape index (κ3) is 9.19. The molecule has 37 heavy (non-hydrogen) atoms. The summed E-state index contributed by atoms with van der Waals surface area (Å²) in [5.74, 6) is -4.32. The minimum absolute atomic E-state index is 0.00541. The van der Waals surface area contributed by atoms with Crippen molar-refractivity contribution in [2.24, 2.45) is 5.92 Å². The van der Waals surface area contributed by atoms with Crippen molar-refractivity contribution in [1.82, 2.24) is 20.4 Å². The maximum Gasteiger partial charge on any atom is 0.416 e. The third-order valence-corrected chi connectivity index (χ3v) is 6.76. The topological polar surface area (TPSA) is 73.9 Å². The van der Waals surface area contributed by atoms with E-state index in [-0.39, 0.29) is 24.9 Å². The Labute approximate surface area is 213 Å². The Morgan fingerprint density at radius 3 is 2.27 bits per heavy atom. The van der Waals surface area contributed by atoms with E-state index in [1.165, 1.54) is 0 Å². The molecule has 0 saturated carbocycles. The van der Waals surface area contributed by atoms with Crippen molar-refractivity contribution >= 4 is 11.8 Å². The molecule has 0 bridgehead atoms. The fourth-order valence-electron chi connectivity index (χ4n) is 4.46. The number of morpholine rings is 1. The molecule has 0 radical (unpaired) electrons. The van der Waals surface area contributed by atoms with Crippen molar-refractivity contribution in [2.75, 3.05) is 65.6 Å². The van der Waals surface area contributed by atoms with Crippen LogP contribution in [-0.4, -0.2) is 87.2 Å². The first kappa shape index (κ1) is 29.2. The van der Waals surface area contributed by atoms with Crippen LogP contribution in [0.1, 0.15) is 47.7 Å². The lowest BCUT2D eigenvalue weighted by atomic mass is 9.96. The van der Waals surface area contributed by atoms with Gasteiger partial charge in [-0.3, -0.25) is 14.5 Å². The van der Waals surface area contributed by atoms with E-state index in [0.29, 0.717) is 45.0 Å². The lowest BCUT2D eigenvalue weighted by molar-refractivity contribution is -0.137. The number of alkyl halides is 5. The number of amides is 2. The van der Waals surface area contributed by atoms with E-state index in [1.807, 2.05) is 0 Å². The van der Waals surface area contributed by atoms with Gasteiger partial charge in [-0.1, -0.05) is 0 Å². The Balaban J connectivity index is 1.39. The summed E-state index contributed by atoms with van der Waals surface area (Å²) in [7, 11) is 0. The third-order valence-electron chi connectivity index (χ3n) is 6.76. The van der Waals surface area contributed by atoms with E-state index < -0.39 is 34.7 Å². The van der Waals surface area contributed by atoms with Crippen molar-refractivity contribution < 1.29 is 36.3 Å². The van der Waals surface area contributed by atoms with Gasteiger partial charge in [-0.05, 0) is 56.5 Å². The minimum Gasteiger partial charge on any atom is -0.379 e. The van der Waals surface area contributed by atoms with Crippen molar-refractivity contribution in [2.45, 2.75) is 38.3 Å². The number of ether oxygens (including phenoxy) is 1. The van der Waals surface area contributed by atoms with Crippen LogP contribution in [0.5, 0.6) is 0 Å². The van der Waals surface area contributed by atoms with Crippen LogP contribution in [0.15, 0.2) is 18.2 Å². The number of halogens is 5. The first-order valence-electron chi connectivity index (χ1n) is 12.6. The smallest absolute Gasteiger partial charge is 0.379 e. The molecule has 2 amide bonds. The number of benzene rings is 1. The highest BCUT2D eigenvalue weighted by atomic mass is 19.4. The van der Waals surface area contributed by atoms with Crippen molar-refractivity contribution in [3.63, 3.8) is 0 Å². The first-order valence-corrected chi connectivity index (χ1v) is 12.6. The summed E-state index contributed by atoms with van der Waals surface area (Å²) < 4.78 is 72.2. The molecule has 2 N–H and O–H groups in total. The number of rotatable bonds is 10. The molecular weight excluding hydrogens is 499 g/mol. The molecular formula is C25H35F5N4O3. The Bertz CT molecular complexity index is 876. The van der Waals surface area contributed by atoms with Gasteiger partial charge >= 0.3 is 6.18 Å². The number of carbonyl (C=O) groups is 2. The highest BCUT2D eigenvalue weighted by Crippen LogP contribution is 2.35. The average Bonchev–Trinajstić information content (AvgIpc) is 2.86. The lowest BCUT2D eigenvalue weighted by Crippen LogP contribution is -2.45. The van der Waals surface area contributed by atoms with Crippen molar-refractivity contribution in [3.05, 3.63) is 34.9 Å². The summed E-state index contributed by atoms with van der Waals surface area (Å²) >= 11 is 0. The lowest BCUT2D eigenvalue weighted by Gasteiger charge is -2.32. The van der Waals surface area contributed by atoms with Gasteiger partial charge < -0.3 is 20.3 Å². The molecule has 0 spiro atoms. The van der Waals surface area contributed by atoms with E-state index in [1.54, 1.807) is 4.90 Å². The van der Waals surface area contributed by atoms with Gasteiger partial charge in [0.15, 0.2) is 0 Å². The zero-order chi connectivity index (χ0) is 27.1. The second-order valence-electron chi connectivity index (χ2n) is 9.70. The maximum absolute atomic E-state index is 13.7. The van der Waals surface area contributed by atoms with Crippen LogP contribution in [0.25, 0.3) is 0 Å². The number of nitrogens with zero attached hydrogens (tertiary/aromatic N) is 2. The predicted molar refractivity (Wildman–Crippen MR) is 127 cm³/mol. The number of likely N-dealkylation sites (tertiary alicyclic amines) is 1. The quantitative estimate of drug-likeness (QED) is 0.357. The number of piperidine rings is 1. The average molecular weight is 535 g/mol. The van der Waals surface area contributed by atoms with Gasteiger partial charge in [0.25, 0.3) is 11.8 Å². The second kappa shape index (κ2) is 13.0. The Morgan fingerprint density at radius 1 is 1.00 bits per heavy atom. The summed E-state index contributed by atoms with van der Waals surface area (Å²) in [6.07, 6.45) is -2.65. The summed E-state index contributed by atoms with van der Waals surface area (Å²) in [6.45, 7) is 7.06. The predicted octanol–water partition coefficient (Wildman–Crippen LogP) is 3.10. The molecule has 1 aromatic rings. The molecule has 12 heteroatoms. The van der Waals surface area contributed by atoms with Crippen LogP contribution in [0, 0.1) is 5.92 Å². The SMILES string of the molecule is CC(F)(F)c1cc(C(=O)NCC2CCN(C(=O)CNCCCN3CCOCC3)CC2)cc(C(F)(F)F)c1. The zero-order valence-corrected chi connectivity index (χ0v) is 21.0. The summed E-state index contributed by atoms with van der Waals surface area (Å²) in [4.78, 5) is 29.0. The molecule has 2 saturated heterocycles. The molecule has 2 heterocycles. The second-order valence-corrected chi connectivity index (χ2v) is 9.70. The van der Waals surface area contributed by atoms with E-state index in [2.05, 4.69) is 15.5 Å². The van der Waals surface area contributed by atoms with Crippen molar-refractivity contribution in [1.29, 1.82) is 0 Å². The van der Waals surface area contributed by atoms with Crippen LogP contribution in [0.4, 0.5) is 22.0 Å². The van der Waals surface area contributed by atoms with Gasteiger partial charge in [-0.15, -0.1) is 0 Å². The van der Waals surface area contributed by atoms with E-state index in [0.717, 1.165) is 51.9 Å². The van der Waals surface area contributed by atoms with Crippen molar-refractivity contribution in [3.8, 4) is 0 Å². The maximum atomic E-state index is 13.7. The number of hydrogen-bond donors (Lipinski definition) is 2. The molecule has 2 aliphatic heterocycles. The highest BCUT2D eigenvalue weighted by Gasteiger charge is 2.35. The largest absolute Gasteiger partial charge is 0.416 e. The van der Waals surface area contributed by atoms with E-state index in [4.69, 9.17) is 4.74 Å². The summed E-state index contributed by atoms with van der Waals surface area (Å²) in [5, 5.41) is 5.75. The van der Waals surface area contributed by atoms with Crippen LogP contribution >= 0.6 is 0 Å². The fourth-order valence-corrected chi connectivity index (χ4v) is 4.46. The summed E-state index contributed by atoms with van der Waals surface area (Å²) in [6, 6.07) is 1.74. The molecule has 0 aliphatic carbocycles. The molecule has 1 aromatic carbocycles. The Kier molecular flexibility index (Phi) is 10.3. The van der Waals surface area contributed by atoms with E-state index >= 15 is 0 Å². The van der Waals surface area contributed by atoms with E-state index in [9.17, 15) is 31.5 Å². The standard InChI is InChI=1S/C25H35F5N4O3/c1-24(26,27)20-13-19(14-21(15-20)25(28,29)30)23(36)32-16-18-3-7-34(8-4-18)22(35)17-31-5-2-6-33-9-11-37-12-10-33/h13-15,18,31H,2-12,16-17H2,1H3,(H,32,36). The number of carbonyl (C=O) groups excluding carboxylic acids is 2. The molecule has 2 fully saturated rings. The molecule has 0 unspecified atom stereocenters. The first-order chi connectivity index (χ1) is 17.4. The van der Waals surface area contributed by atoms with Crippen LogP contribution in [0.3, 0.4) is 0 Å². The molecule has 0 atom stereocenters. The molecule has 2 aliphatic rings. The monoisotopic (exact) mass is 534 g/mol. The highest BCUT2D eigenvalue weighted by molar-refractivity contribution is 5.94. The van der Waals surface area contributed by atoms with Crippen LogP contribution in [0.2, 0.25) is 0 Å². The van der Waals surface area contributed by atoms with Gasteiger partial charge in [0, 0.05) is 50.8 Å². The number of nitrogens with one attached hydrogen (secondary N) is 2. The van der Waals surface area contributed by atoms with Crippen LogP contribution in [-0.2, 0) is 21.6 Å². The Morgan fingerprint density at radius 2 is 1.65 bits per heavy atom. The molecule has 3 rings (SSSR count). The number of hydrogen-bond acceptors (Lipinski definition) is 5. The van der Waals surface area contributed by atoms with Gasteiger partial charge in [0.1, 0.15) is 0 Å². The van der Waals surface area contributed by atoms with Gasteiger partial charge in [0.05, 0.1) is 25.3 Å².